The highest BCUT2D eigenvalue weighted by Gasteiger charge is 2.28. The predicted molar refractivity (Wildman–Crippen MR) is 109 cm³/mol. The first-order chi connectivity index (χ1) is 13.6. The minimum atomic E-state index is 0.300. The molecule has 1 aromatic carbocycles. The van der Waals surface area contributed by atoms with Gasteiger partial charge >= 0.3 is 0 Å². The molecule has 0 atom stereocenters. The average molecular weight is 402 g/mol. The summed E-state index contributed by atoms with van der Waals surface area (Å²) in [6.45, 7) is 2.43. The third kappa shape index (κ3) is 4.41. The van der Waals surface area contributed by atoms with Crippen LogP contribution in [0.25, 0.3) is 0 Å². The molecule has 0 spiro atoms. The van der Waals surface area contributed by atoms with Crippen molar-refractivity contribution in [1.29, 1.82) is 0 Å². The molecule has 0 N–H and O–H groups in total. The number of fused-ring (bicyclic) bond motifs is 1. The summed E-state index contributed by atoms with van der Waals surface area (Å²) in [6.07, 6.45) is 6.55. The molecule has 1 amide bonds. The molecule has 4 rings (SSSR count). The molecule has 1 aliphatic carbocycles. The molecular weight excluding hydrogens is 374 g/mol. The third-order valence-electron chi connectivity index (χ3n) is 6.04. The molecule has 2 heterocycles. The van der Waals surface area contributed by atoms with Gasteiger partial charge in [0.05, 0.1) is 18.9 Å². The van der Waals surface area contributed by atoms with Crippen molar-refractivity contribution >= 4 is 17.5 Å². The Morgan fingerprint density at radius 3 is 2.71 bits per heavy atom. The van der Waals surface area contributed by atoms with Gasteiger partial charge in [-0.05, 0) is 36.5 Å². The Morgan fingerprint density at radius 2 is 1.96 bits per heavy atom. The predicted octanol–water partition coefficient (Wildman–Crippen LogP) is 4.26. The topological polar surface area (TPSA) is 47.4 Å². The molecule has 5 nitrogen and oxygen atoms in total. The van der Waals surface area contributed by atoms with Gasteiger partial charge in [-0.1, -0.05) is 36.6 Å². The third-order valence-corrected chi connectivity index (χ3v) is 6.29. The Morgan fingerprint density at radius 1 is 1.21 bits per heavy atom. The van der Waals surface area contributed by atoms with Gasteiger partial charge in [0.25, 0.3) is 0 Å². The summed E-state index contributed by atoms with van der Waals surface area (Å²) in [5, 5.41) is 5.39. The average Bonchev–Trinajstić information content (AvgIpc) is 3.31. The van der Waals surface area contributed by atoms with Crippen LogP contribution in [0.5, 0.6) is 0 Å². The van der Waals surface area contributed by atoms with Crippen molar-refractivity contribution in [1.82, 2.24) is 14.7 Å². The van der Waals surface area contributed by atoms with Crippen molar-refractivity contribution < 1.29 is 9.53 Å². The summed E-state index contributed by atoms with van der Waals surface area (Å²) < 4.78 is 7.86. The Kier molecular flexibility index (Phi) is 6.02. The van der Waals surface area contributed by atoms with E-state index in [0.29, 0.717) is 38.0 Å². The van der Waals surface area contributed by atoms with Gasteiger partial charge in [0.1, 0.15) is 0 Å². The van der Waals surface area contributed by atoms with Crippen LogP contribution in [-0.2, 0) is 42.8 Å². The van der Waals surface area contributed by atoms with Gasteiger partial charge in [0.2, 0.25) is 5.91 Å². The van der Waals surface area contributed by atoms with Crippen LogP contribution in [0.15, 0.2) is 24.3 Å². The molecule has 2 aromatic rings. The first-order valence-corrected chi connectivity index (χ1v) is 10.6. The molecule has 6 heteroatoms. The van der Waals surface area contributed by atoms with Crippen molar-refractivity contribution in [2.24, 2.45) is 13.0 Å². The standard InChI is InChI=1S/C22H28ClN3O2/c1-25-21-10-11-26(22(27)12-16-4-2-3-5-16)13-19(21)20(24-25)15-28-14-17-6-8-18(23)9-7-17/h6-9,16H,2-5,10-15H2,1H3. The second-order valence-electron chi connectivity index (χ2n) is 8.03. The van der Waals surface area contributed by atoms with E-state index < -0.39 is 0 Å². The summed E-state index contributed by atoms with van der Waals surface area (Å²) in [6, 6.07) is 7.69. The van der Waals surface area contributed by atoms with Crippen molar-refractivity contribution in [2.75, 3.05) is 6.54 Å². The normalized spacial score (nSPS) is 17.1. The van der Waals surface area contributed by atoms with E-state index in [4.69, 9.17) is 16.3 Å². The van der Waals surface area contributed by atoms with Crippen LogP contribution in [0.3, 0.4) is 0 Å². The summed E-state index contributed by atoms with van der Waals surface area (Å²) in [4.78, 5) is 14.8. The number of hydrogen-bond donors (Lipinski definition) is 0. The van der Waals surface area contributed by atoms with Crippen LogP contribution >= 0.6 is 11.6 Å². The lowest BCUT2D eigenvalue weighted by molar-refractivity contribution is -0.133. The number of ether oxygens (including phenoxy) is 1. The number of carbonyl (C=O) groups is 1. The lowest BCUT2D eigenvalue weighted by Gasteiger charge is -2.28. The Hall–Kier alpha value is -1.85. The van der Waals surface area contributed by atoms with E-state index in [1.165, 1.54) is 36.9 Å². The molecule has 28 heavy (non-hydrogen) atoms. The number of nitrogens with zero attached hydrogens (tertiary/aromatic N) is 3. The van der Waals surface area contributed by atoms with Crippen molar-refractivity contribution in [3.8, 4) is 0 Å². The van der Waals surface area contributed by atoms with Gasteiger partial charge in [0, 0.05) is 49.3 Å². The summed E-state index contributed by atoms with van der Waals surface area (Å²) >= 11 is 5.93. The van der Waals surface area contributed by atoms with Gasteiger partial charge in [0.15, 0.2) is 0 Å². The van der Waals surface area contributed by atoms with E-state index in [0.717, 1.165) is 29.2 Å². The number of hydrogen-bond acceptors (Lipinski definition) is 3. The van der Waals surface area contributed by atoms with Crippen LogP contribution in [0.1, 0.15) is 54.6 Å². The molecule has 1 fully saturated rings. The largest absolute Gasteiger partial charge is 0.370 e. The highest BCUT2D eigenvalue weighted by Crippen LogP contribution is 2.30. The number of carbonyl (C=O) groups excluding carboxylic acids is 1. The molecule has 0 radical (unpaired) electrons. The van der Waals surface area contributed by atoms with Crippen molar-refractivity contribution in [3.05, 3.63) is 51.8 Å². The lowest BCUT2D eigenvalue weighted by Crippen LogP contribution is -2.37. The quantitative estimate of drug-likeness (QED) is 0.726. The van der Waals surface area contributed by atoms with Crippen molar-refractivity contribution in [3.63, 3.8) is 0 Å². The second kappa shape index (κ2) is 8.66. The van der Waals surface area contributed by atoms with Crippen LogP contribution in [-0.4, -0.2) is 27.1 Å². The number of amides is 1. The van der Waals surface area contributed by atoms with E-state index in [-0.39, 0.29) is 0 Å². The van der Waals surface area contributed by atoms with Gasteiger partial charge in [-0.3, -0.25) is 9.48 Å². The SMILES string of the molecule is Cn1nc(COCc2ccc(Cl)cc2)c2c1CCN(C(=O)CC1CCCC1)C2. The van der Waals surface area contributed by atoms with E-state index in [1.807, 2.05) is 40.9 Å². The number of aromatic nitrogens is 2. The summed E-state index contributed by atoms with van der Waals surface area (Å²) in [5.74, 6) is 0.888. The van der Waals surface area contributed by atoms with Crippen LogP contribution < -0.4 is 0 Å². The van der Waals surface area contributed by atoms with Crippen LogP contribution in [0.4, 0.5) is 0 Å². The minimum Gasteiger partial charge on any atom is -0.370 e. The Bertz CT molecular complexity index is 825. The number of halogens is 1. The van der Waals surface area contributed by atoms with Gasteiger partial charge in [-0.15, -0.1) is 0 Å². The van der Waals surface area contributed by atoms with Crippen LogP contribution in [0.2, 0.25) is 5.02 Å². The van der Waals surface area contributed by atoms with Crippen molar-refractivity contribution in [2.45, 2.75) is 58.3 Å². The van der Waals surface area contributed by atoms with E-state index >= 15 is 0 Å². The summed E-state index contributed by atoms with van der Waals surface area (Å²) in [7, 11) is 1.98. The first-order valence-electron chi connectivity index (χ1n) is 10.2. The molecule has 1 aromatic heterocycles. The fraction of sp³-hybridized carbons (Fsp3) is 0.545. The maximum absolute atomic E-state index is 12.8. The number of rotatable bonds is 6. The first kappa shape index (κ1) is 19.5. The van der Waals surface area contributed by atoms with E-state index in [2.05, 4.69) is 5.10 Å². The van der Waals surface area contributed by atoms with Crippen LogP contribution in [0, 0.1) is 5.92 Å². The van der Waals surface area contributed by atoms with E-state index in [1.54, 1.807) is 0 Å². The minimum absolute atomic E-state index is 0.300. The monoisotopic (exact) mass is 401 g/mol. The molecule has 0 saturated heterocycles. The molecule has 1 aliphatic heterocycles. The molecule has 150 valence electrons. The maximum Gasteiger partial charge on any atom is 0.223 e. The van der Waals surface area contributed by atoms with Gasteiger partial charge in [-0.25, -0.2) is 0 Å². The fourth-order valence-electron chi connectivity index (χ4n) is 4.44. The zero-order valence-electron chi connectivity index (χ0n) is 16.5. The highest BCUT2D eigenvalue weighted by atomic mass is 35.5. The molecule has 0 bridgehead atoms. The van der Waals surface area contributed by atoms with Gasteiger partial charge < -0.3 is 9.64 Å². The second-order valence-corrected chi connectivity index (χ2v) is 8.47. The number of benzene rings is 1. The van der Waals surface area contributed by atoms with Gasteiger partial charge in [-0.2, -0.15) is 5.10 Å². The maximum atomic E-state index is 12.8. The fourth-order valence-corrected chi connectivity index (χ4v) is 4.56. The van der Waals surface area contributed by atoms with E-state index in [9.17, 15) is 4.79 Å². The lowest BCUT2D eigenvalue weighted by atomic mass is 10.0. The summed E-state index contributed by atoms with van der Waals surface area (Å²) in [5.41, 5.74) is 4.44. The molecular formula is C22H28ClN3O2. The Balaban J connectivity index is 1.37. The highest BCUT2D eigenvalue weighted by molar-refractivity contribution is 6.30. The molecule has 2 aliphatic rings. The Labute approximate surface area is 171 Å². The zero-order valence-corrected chi connectivity index (χ0v) is 17.2. The zero-order chi connectivity index (χ0) is 19.5. The molecule has 1 saturated carbocycles. The number of aryl methyl sites for hydroxylation is 1. The molecule has 0 unspecified atom stereocenters. The smallest absolute Gasteiger partial charge is 0.223 e.